The van der Waals surface area contributed by atoms with Gasteiger partial charge >= 0.3 is 0 Å². The van der Waals surface area contributed by atoms with Crippen molar-refractivity contribution in [1.29, 1.82) is 0 Å². The van der Waals surface area contributed by atoms with E-state index in [0.29, 0.717) is 5.69 Å². The van der Waals surface area contributed by atoms with Crippen LogP contribution in [0.1, 0.15) is 34.6 Å². The fourth-order valence-electron chi connectivity index (χ4n) is 3.67. The second-order valence-electron chi connectivity index (χ2n) is 6.96. The van der Waals surface area contributed by atoms with Gasteiger partial charge in [-0.05, 0) is 30.7 Å². The van der Waals surface area contributed by atoms with Crippen molar-refractivity contribution in [3.8, 4) is 0 Å². The maximum atomic E-state index is 12.6. The molecule has 2 aromatic rings. The lowest BCUT2D eigenvalue weighted by Gasteiger charge is -2.23. The van der Waals surface area contributed by atoms with Crippen molar-refractivity contribution < 1.29 is 4.79 Å². The fraction of sp³-hybridized carbons (Fsp3) is 0.526. The van der Waals surface area contributed by atoms with Crippen LogP contribution in [0.2, 0.25) is 0 Å². The van der Waals surface area contributed by atoms with E-state index >= 15 is 0 Å². The largest absolute Gasteiger partial charge is 0.354 e. The molecule has 7 heteroatoms. The highest BCUT2D eigenvalue weighted by Gasteiger charge is 2.22. The van der Waals surface area contributed by atoms with Crippen molar-refractivity contribution >= 4 is 23.1 Å². The molecule has 0 bridgehead atoms. The molecule has 0 saturated carbocycles. The summed E-state index contributed by atoms with van der Waals surface area (Å²) in [6, 6.07) is 4.31. The Morgan fingerprint density at radius 1 is 1.04 bits per heavy atom. The quantitative estimate of drug-likeness (QED) is 0.826. The number of amides is 1. The second-order valence-corrected chi connectivity index (χ2v) is 7.99. The zero-order chi connectivity index (χ0) is 17.8. The standard InChI is InChI=1S/C19H25N5OS/c25-19(24-7-1-2-8-24)17-13-20-14-18(21-17)23-9-4-6-22(10-11-23)15-16-5-3-12-26-16/h3,5,12-14H,1-2,4,6-11,15H2. The maximum absolute atomic E-state index is 12.6. The predicted molar refractivity (Wildman–Crippen MR) is 104 cm³/mol. The summed E-state index contributed by atoms with van der Waals surface area (Å²) in [7, 11) is 0. The molecular weight excluding hydrogens is 346 g/mol. The minimum atomic E-state index is 0.0194. The molecule has 1 amide bonds. The molecule has 138 valence electrons. The normalized spacial score (nSPS) is 18.9. The lowest BCUT2D eigenvalue weighted by atomic mass is 10.3. The Morgan fingerprint density at radius 3 is 2.73 bits per heavy atom. The monoisotopic (exact) mass is 371 g/mol. The van der Waals surface area contributed by atoms with Crippen molar-refractivity contribution in [3.63, 3.8) is 0 Å². The number of thiophene rings is 1. The first-order valence-corrected chi connectivity index (χ1v) is 10.3. The third-order valence-electron chi connectivity index (χ3n) is 5.11. The van der Waals surface area contributed by atoms with Gasteiger partial charge in [-0.3, -0.25) is 14.7 Å². The van der Waals surface area contributed by atoms with Gasteiger partial charge in [0.25, 0.3) is 5.91 Å². The van der Waals surface area contributed by atoms with Crippen molar-refractivity contribution in [1.82, 2.24) is 19.8 Å². The Balaban J connectivity index is 1.41. The maximum Gasteiger partial charge on any atom is 0.274 e. The number of carbonyl (C=O) groups excluding carboxylic acids is 1. The van der Waals surface area contributed by atoms with E-state index in [4.69, 9.17) is 0 Å². The third-order valence-corrected chi connectivity index (χ3v) is 5.97. The zero-order valence-electron chi connectivity index (χ0n) is 15.0. The molecule has 6 nitrogen and oxygen atoms in total. The van der Waals surface area contributed by atoms with Gasteiger partial charge in [-0.15, -0.1) is 11.3 Å². The molecule has 2 aliphatic rings. The number of hydrogen-bond acceptors (Lipinski definition) is 6. The topological polar surface area (TPSA) is 52.6 Å². The van der Waals surface area contributed by atoms with E-state index in [0.717, 1.165) is 70.9 Å². The zero-order valence-corrected chi connectivity index (χ0v) is 15.8. The number of rotatable bonds is 4. The van der Waals surface area contributed by atoms with Gasteiger partial charge in [0.2, 0.25) is 0 Å². The van der Waals surface area contributed by atoms with Gasteiger partial charge in [-0.2, -0.15) is 0 Å². The number of likely N-dealkylation sites (tertiary alicyclic amines) is 1. The third kappa shape index (κ3) is 4.04. The first-order valence-electron chi connectivity index (χ1n) is 9.40. The Morgan fingerprint density at radius 2 is 1.92 bits per heavy atom. The van der Waals surface area contributed by atoms with E-state index in [-0.39, 0.29) is 5.91 Å². The van der Waals surface area contributed by atoms with Crippen LogP contribution in [-0.4, -0.2) is 64.9 Å². The first kappa shape index (κ1) is 17.4. The molecule has 26 heavy (non-hydrogen) atoms. The first-order chi connectivity index (χ1) is 12.8. The molecule has 4 heterocycles. The summed E-state index contributed by atoms with van der Waals surface area (Å²) in [4.78, 5) is 29.6. The van der Waals surface area contributed by atoms with Gasteiger partial charge in [0, 0.05) is 50.7 Å². The lowest BCUT2D eigenvalue weighted by Crippen LogP contribution is -2.32. The summed E-state index contributed by atoms with van der Waals surface area (Å²) in [5.74, 6) is 0.846. The van der Waals surface area contributed by atoms with Crippen LogP contribution < -0.4 is 4.90 Å². The van der Waals surface area contributed by atoms with Gasteiger partial charge < -0.3 is 9.80 Å². The summed E-state index contributed by atoms with van der Waals surface area (Å²) in [6.07, 6.45) is 6.66. The molecule has 0 radical (unpaired) electrons. The minimum absolute atomic E-state index is 0.0194. The number of carbonyl (C=O) groups is 1. The molecule has 2 aliphatic heterocycles. The van der Waals surface area contributed by atoms with E-state index in [9.17, 15) is 4.79 Å². The molecule has 2 fully saturated rings. The van der Waals surface area contributed by atoms with Gasteiger partial charge in [-0.25, -0.2) is 4.98 Å². The van der Waals surface area contributed by atoms with E-state index in [1.54, 1.807) is 12.4 Å². The lowest BCUT2D eigenvalue weighted by molar-refractivity contribution is 0.0786. The van der Waals surface area contributed by atoms with Crippen molar-refractivity contribution in [3.05, 3.63) is 40.5 Å². The van der Waals surface area contributed by atoms with Crippen molar-refractivity contribution in [2.45, 2.75) is 25.8 Å². The number of hydrogen-bond donors (Lipinski definition) is 0. The van der Waals surface area contributed by atoms with Gasteiger partial charge in [0.1, 0.15) is 11.5 Å². The fourth-order valence-corrected chi connectivity index (χ4v) is 4.42. The van der Waals surface area contributed by atoms with Crippen LogP contribution in [-0.2, 0) is 6.54 Å². The molecule has 2 saturated heterocycles. The van der Waals surface area contributed by atoms with Crippen molar-refractivity contribution in [2.75, 3.05) is 44.2 Å². The van der Waals surface area contributed by atoms with Gasteiger partial charge in [0.05, 0.1) is 12.4 Å². The summed E-state index contributed by atoms with van der Waals surface area (Å²) in [5, 5.41) is 2.14. The Hall–Kier alpha value is -1.99. The van der Waals surface area contributed by atoms with E-state index in [1.165, 1.54) is 4.88 Å². The average Bonchev–Trinajstić information content (AvgIpc) is 3.33. The molecule has 0 N–H and O–H groups in total. The van der Waals surface area contributed by atoms with Crippen LogP contribution in [0.15, 0.2) is 29.9 Å². The van der Waals surface area contributed by atoms with Crippen LogP contribution in [0.25, 0.3) is 0 Å². The van der Waals surface area contributed by atoms with Crippen molar-refractivity contribution in [2.24, 2.45) is 0 Å². The van der Waals surface area contributed by atoms with Gasteiger partial charge in [0.15, 0.2) is 0 Å². The minimum Gasteiger partial charge on any atom is -0.354 e. The van der Waals surface area contributed by atoms with Crippen LogP contribution in [0, 0.1) is 0 Å². The van der Waals surface area contributed by atoms with Crippen LogP contribution in [0.3, 0.4) is 0 Å². The summed E-state index contributed by atoms with van der Waals surface area (Å²) >= 11 is 1.82. The smallest absolute Gasteiger partial charge is 0.274 e. The SMILES string of the molecule is O=C(c1cncc(N2CCCN(Cc3cccs3)CC2)n1)N1CCCC1. The molecule has 0 atom stereocenters. The second kappa shape index (κ2) is 8.14. The Labute approximate surface area is 158 Å². The molecule has 2 aromatic heterocycles. The van der Waals surface area contributed by atoms with Gasteiger partial charge in [-0.1, -0.05) is 6.07 Å². The predicted octanol–water partition coefficient (Wildman–Crippen LogP) is 2.49. The van der Waals surface area contributed by atoms with E-state index < -0.39 is 0 Å². The van der Waals surface area contributed by atoms with Crippen LogP contribution in [0.4, 0.5) is 5.82 Å². The summed E-state index contributed by atoms with van der Waals surface area (Å²) in [6.45, 7) is 6.67. The number of nitrogens with zero attached hydrogens (tertiary/aromatic N) is 5. The van der Waals surface area contributed by atoms with Crippen LogP contribution in [0.5, 0.6) is 0 Å². The molecule has 0 unspecified atom stereocenters. The number of anilines is 1. The molecule has 4 rings (SSSR count). The Bertz CT molecular complexity index is 729. The summed E-state index contributed by atoms with van der Waals surface area (Å²) < 4.78 is 0. The molecular formula is C19H25N5OS. The highest BCUT2D eigenvalue weighted by Crippen LogP contribution is 2.18. The van der Waals surface area contributed by atoms with Crippen LogP contribution >= 0.6 is 11.3 Å². The highest BCUT2D eigenvalue weighted by atomic mass is 32.1. The molecule has 0 aliphatic carbocycles. The van der Waals surface area contributed by atoms with E-state index in [1.807, 2.05) is 16.2 Å². The number of aromatic nitrogens is 2. The summed E-state index contributed by atoms with van der Waals surface area (Å²) in [5.41, 5.74) is 0.476. The highest BCUT2D eigenvalue weighted by molar-refractivity contribution is 7.09. The Kier molecular flexibility index (Phi) is 5.45. The molecule has 0 aromatic carbocycles. The molecule has 0 spiro atoms. The average molecular weight is 372 g/mol. The van der Waals surface area contributed by atoms with E-state index in [2.05, 4.69) is 37.3 Å².